The summed E-state index contributed by atoms with van der Waals surface area (Å²) in [5.74, 6) is 0.113. The monoisotopic (exact) mass is 424 g/mol. The Morgan fingerprint density at radius 2 is 1.47 bits per heavy atom. The van der Waals surface area contributed by atoms with Crippen LogP contribution in [0.15, 0.2) is 71.6 Å². The molecule has 0 aliphatic heterocycles. The summed E-state index contributed by atoms with van der Waals surface area (Å²) >= 11 is 0. The van der Waals surface area contributed by atoms with Crippen molar-refractivity contribution in [2.75, 3.05) is 16.6 Å². The smallest absolute Gasteiger partial charge is 0.262 e. The third kappa shape index (κ3) is 5.18. The number of ether oxygens (including phenoxy) is 1. The molecule has 6 nitrogen and oxygen atoms in total. The molecule has 3 rings (SSSR count). The highest BCUT2D eigenvalue weighted by atomic mass is 32.2. The Morgan fingerprint density at radius 1 is 0.833 bits per heavy atom. The first-order chi connectivity index (χ1) is 14.3. The first-order valence-corrected chi connectivity index (χ1v) is 10.9. The van der Waals surface area contributed by atoms with Crippen molar-refractivity contribution in [1.82, 2.24) is 0 Å². The van der Waals surface area contributed by atoms with Crippen LogP contribution in [0.2, 0.25) is 0 Å². The number of hydrogen-bond donors (Lipinski definition) is 2. The minimum atomic E-state index is -3.72. The molecule has 0 fully saturated rings. The van der Waals surface area contributed by atoms with Gasteiger partial charge in [-0.1, -0.05) is 30.3 Å². The standard InChI is InChI=1S/C23H24N2O4S/c1-16-8-6-10-22(18(16)3)24-23(26)15-29-19-11-13-20(14-12-19)30(27,28)25-21-9-5-4-7-17(21)2/h4-14,25H,15H2,1-3H3,(H,24,26). The summed E-state index contributed by atoms with van der Waals surface area (Å²) in [5.41, 5.74) is 4.19. The van der Waals surface area contributed by atoms with Gasteiger partial charge in [0.2, 0.25) is 0 Å². The van der Waals surface area contributed by atoms with E-state index >= 15 is 0 Å². The summed E-state index contributed by atoms with van der Waals surface area (Å²) in [7, 11) is -3.72. The largest absolute Gasteiger partial charge is 0.484 e. The van der Waals surface area contributed by atoms with E-state index < -0.39 is 10.0 Å². The Balaban J connectivity index is 1.61. The molecule has 0 bridgehead atoms. The lowest BCUT2D eigenvalue weighted by atomic mass is 10.1. The summed E-state index contributed by atoms with van der Waals surface area (Å²) in [6.45, 7) is 5.57. The summed E-state index contributed by atoms with van der Waals surface area (Å²) < 4.78 is 33.2. The SMILES string of the molecule is Cc1ccccc1NS(=O)(=O)c1ccc(OCC(=O)Nc2cccc(C)c2C)cc1. The number of anilines is 2. The quantitative estimate of drug-likeness (QED) is 0.588. The molecule has 0 radical (unpaired) electrons. The summed E-state index contributed by atoms with van der Waals surface area (Å²) in [4.78, 5) is 12.3. The van der Waals surface area contributed by atoms with Crippen LogP contribution < -0.4 is 14.8 Å². The van der Waals surface area contributed by atoms with Gasteiger partial charge in [0.25, 0.3) is 15.9 Å². The molecule has 0 atom stereocenters. The third-order valence-corrected chi connectivity index (χ3v) is 6.15. The first-order valence-electron chi connectivity index (χ1n) is 9.43. The van der Waals surface area contributed by atoms with Gasteiger partial charge < -0.3 is 10.1 Å². The van der Waals surface area contributed by atoms with Crippen molar-refractivity contribution >= 4 is 27.3 Å². The Kier molecular flexibility index (Phi) is 6.42. The van der Waals surface area contributed by atoms with E-state index in [2.05, 4.69) is 10.0 Å². The van der Waals surface area contributed by atoms with Gasteiger partial charge in [-0.15, -0.1) is 0 Å². The van der Waals surface area contributed by atoms with Gasteiger partial charge in [0.15, 0.2) is 6.61 Å². The van der Waals surface area contributed by atoms with Gasteiger partial charge >= 0.3 is 0 Å². The van der Waals surface area contributed by atoms with Crippen molar-refractivity contribution in [2.24, 2.45) is 0 Å². The zero-order chi connectivity index (χ0) is 21.7. The Morgan fingerprint density at radius 3 is 2.17 bits per heavy atom. The van der Waals surface area contributed by atoms with E-state index in [-0.39, 0.29) is 17.4 Å². The number of nitrogens with one attached hydrogen (secondary N) is 2. The maximum atomic E-state index is 12.6. The van der Waals surface area contributed by atoms with E-state index in [9.17, 15) is 13.2 Å². The fourth-order valence-corrected chi connectivity index (χ4v) is 3.96. The van der Waals surface area contributed by atoms with Crippen LogP contribution in [0.4, 0.5) is 11.4 Å². The summed E-state index contributed by atoms with van der Waals surface area (Å²) in [5, 5.41) is 2.82. The van der Waals surface area contributed by atoms with Crippen LogP contribution >= 0.6 is 0 Å². The lowest BCUT2D eigenvalue weighted by molar-refractivity contribution is -0.118. The molecule has 2 N–H and O–H groups in total. The van der Waals surface area contributed by atoms with Crippen molar-refractivity contribution in [3.8, 4) is 5.75 Å². The van der Waals surface area contributed by atoms with Gasteiger partial charge in [0.1, 0.15) is 5.75 Å². The summed E-state index contributed by atoms with van der Waals surface area (Å²) in [6.07, 6.45) is 0. The molecule has 0 aromatic heterocycles. The van der Waals surface area contributed by atoms with Crippen molar-refractivity contribution in [3.05, 3.63) is 83.4 Å². The molecular weight excluding hydrogens is 400 g/mol. The number of sulfonamides is 1. The molecule has 0 aliphatic carbocycles. The third-order valence-electron chi connectivity index (χ3n) is 4.77. The molecule has 7 heteroatoms. The maximum absolute atomic E-state index is 12.6. The van der Waals surface area contributed by atoms with Gasteiger partial charge in [-0.25, -0.2) is 8.42 Å². The van der Waals surface area contributed by atoms with Crippen LogP contribution in [-0.2, 0) is 14.8 Å². The Labute approximate surface area is 177 Å². The van der Waals surface area contributed by atoms with Crippen molar-refractivity contribution in [1.29, 1.82) is 0 Å². The highest BCUT2D eigenvalue weighted by molar-refractivity contribution is 7.92. The van der Waals surface area contributed by atoms with Crippen LogP contribution in [0.3, 0.4) is 0 Å². The number of rotatable bonds is 7. The molecule has 156 valence electrons. The number of aryl methyl sites for hydroxylation is 2. The van der Waals surface area contributed by atoms with Gasteiger partial charge in [0.05, 0.1) is 10.6 Å². The molecule has 3 aromatic carbocycles. The molecular formula is C23H24N2O4S. The van der Waals surface area contributed by atoms with E-state index in [1.165, 1.54) is 24.3 Å². The average Bonchev–Trinajstić information content (AvgIpc) is 2.72. The topological polar surface area (TPSA) is 84.5 Å². The predicted octanol–water partition coefficient (Wildman–Crippen LogP) is 4.43. The minimum absolute atomic E-state index is 0.109. The Hall–Kier alpha value is -3.32. The van der Waals surface area contributed by atoms with Crippen LogP contribution in [0, 0.1) is 20.8 Å². The van der Waals surface area contributed by atoms with Gasteiger partial charge in [-0.05, 0) is 73.9 Å². The summed E-state index contributed by atoms with van der Waals surface area (Å²) in [6, 6.07) is 18.8. The Bertz CT molecular complexity index is 1160. The lowest BCUT2D eigenvalue weighted by Gasteiger charge is -2.12. The van der Waals surface area contributed by atoms with Gasteiger partial charge in [-0.2, -0.15) is 0 Å². The zero-order valence-corrected chi connectivity index (χ0v) is 17.9. The van der Waals surface area contributed by atoms with Crippen molar-refractivity contribution < 1.29 is 17.9 Å². The van der Waals surface area contributed by atoms with Crippen molar-refractivity contribution in [3.63, 3.8) is 0 Å². The molecule has 0 unspecified atom stereocenters. The van der Waals surface area contributed by atoms with Crippen LogP contribution in [0.1, 0.15) is 16.7 Å². The molecule has 1 amide bonds. The number of para-hydroxylation sites is 1. The van der Waals surface area contributed by atoms with Gasteiger partial charge in [-0.3, -0.25) is 9.52 Å². The maximum Gasteiger partial charge on any atom is 0.262 e. The molecule has 0 spiro atoms. The minimum Gasteiger partial charge on any atom is -0.484 e. The number of amides is 1. The van der Waals surface area contributed by atoms with E-state index in [0.29, 0.717) is 11.4 Å². The zero-order valence-electron chi connectivity index (χ0n) is 17.1. The van der Waals surface area contributed by atoms with E-state index in [1.807, 2.05) is 51.1 Å². The molecule has 0 heterocycles. The number of carbonyl (C=O) groups excluding carboxylic acids is 1. The van der Waals surface area contributed by atoms with Crippen LogP contribution in [-0.4, -0.2) is 20.9 Å². The molecule has 0 saturated carbocycles. The number of benzene rings is 3. The predicted molar refractivity (Wildman–Crippen MR) is 118 cm³/mol. The van der Waals surface area contributed by atoms with E-state index in [1.54, 1.807) is 12.1 Å². The van der Waals surface area contributed by atoms with Crippen LogP contribution in [0.5, 0.6) is 5.75 Å². The second-order valence-corrected chi connectivity index (χ2v) is 8.66. The molecule has 30 heavy (non-hydrogen) atoms. The van der Waals surface area contributed by atoms with Crippen molar-refractivity contribution in [2.45, 2.75) is 25.7 Å². The highest BCUT2D eigenvalue weighted by Crippen LogP contribution is 2.22. The molecule has 0 aliphatic rings. The van der Waals surface area contributed by atoms with E-state index in [0.717, 1.165) is 22.4 Å². The normalized spacial score (nSPS) is 11.0. The van der Waals surface area contributed by atoms with Crippen LogP contribution in [0.25, 0.3) is 0 Å². The lowest BCUT2D eigenvalue weighted by Crippen LogP contribution is -2.20. The van der Waals surface area contributed by atoms with Gasteiger partial charge in [0, 0.05) is 5.69 Å². The fraction of sp³-hybridized carbons (Fsp3) is 0.174. The second kappa shape index (κ2) is 9.00. The number of carbonyl (C=O) groups is 1. The molecule has 0 saturated heterocycles. The second-order valence-electron chi connectivity index (χ2n) is 6.98. The highest BCUT2D eigenvalue weighted by Gasteiger charge is 2.15. The fourth-order valence-electron chi connectivity index (χ4n) is 2.83. The number of hydrogen-bond acceptors (Lipinski definition) is 4. The molecule has 3 aromatic rings. The first kappa shape index (κ1) is 21.4. The van der Waals surface area contributed by atoms with E-state index in [4.69, 9.17) is 4.74 Å². The average molecular weight is 425 g/mol.